The highest BCUT2D eigenvalue weighted by molar-refractivity contribution is 9.10. The minimum atomic E-state index is -0.481. The van der Waals surface area contributed by atoms with Gasteiger partial charge in [0.2, 0.25) is 5.91 Å². The average Bonchev–Trinajstić information content (AvgIpc) is 3.09. The van der Waals surface area contributed by atoms with Crippen molar-refractivity contribution in [2.75, 3.05) is 26.2 Å². The van der Waals surface area contributed by atoms with Crippen LogP contribution in [-0.2, 0) is 16.2 Å². The Balaban J connectivity index is 1.51. The van der Waals surface area contributed by atoms with Crippen LogP contribution in [0.25, 0.3) is 6.08 Å². The fourth-order valence-corrected chi connectivity index (χ4v) is 5.73. The lowest BCUT2D eigenvalue weighted by Gasteiger charge is -2.22. The Hall–Kier alpha value is -3.29. The fraction of sp³-hybridized carbons (Fsp3) is 0.357. The van der Waals surface area contributed by atoms with E-state index in [0.717, 1.165) is 47.9 Å². The normalized spacial score (nSPS) is 16.9. The Kier molecular flexibility index (Phi) is 9.48. The van der Waals surface area contributed by atoms with Crippen LogP contribution in [0.3, 0.4) is 0 Å². The summed E-state index contributed by atoms with van der Waals surface area (Å²) in [4.78, 5) is 41.4. The second-order valence-electron chi connectivity index (χ2n) is 8.88. The van der Waals surface area contributed by atoms with E-state index >= 15 is 0 Å². The lowest BCUT2D eigenvalue weighted by molar-refractivity contribution is -0.135. The van der Waals surface area contributed by atoms with Gasteiger partial charge in [-0.05, 0) is 77.3 Å². The van der Waals surface area contributed by atoms with Gasteiger partial charge in [0.25, 0.3) is 11.1 Å². The number of ether oxygens (including phenoxy) is 2. The first-order valence-corrected chi connectivity index (χ1v) is 14.1. The summed E-state index contributed by atoms with van der Waals surface area (Å²) in [6.45, 7) is 3.49. The number of hydrogen-bond donors (Lipinski definition) is 0. The quantitative estimate of drug-likeness (QED) is 0.358. The molecule has 0 aromatic heterocycles. The molecule has 0 bridgehead atoms. The Morgan fingerprint density at radius 3 is 2.58 bits per heavy atom. The molecule has 2 heterocycles. The zero-order valence-electron chi connectivity index (χ0n) is 21.1. The smallest absolute Gasteiger partial charge is 0.294 e. The second kappa shape index (κ2) is 13.0. The molecule has 0 unspecified atom stereocenters. The van der Waals surface area contributed by atoms with Crippen LogP contribution in [0.15, 0.2) is 45.8 Å². The number of halogens is 1. The van der Waals surface area contributed by atoms with Crippen molar-refractivity contribution in [3.63, 3.8) is 0 Å². The van der Waals surface area contributed by atoms with Crippen molar-refractivity contribution in [2.45, 2.75) is 39.2 Å². The molecule has 10 heteroatoms. The molecule has 0 saturated carbocycles. The molecule has 198 valence electrons. The molecule has 0 N–H and O–H groups in total. The number of imide groups is 1. The van der Waals surface area contributed by atoms with Gasteiger partial charge in [-0.25, -0.2) is 0 Å². The monoisotopic (exact) mass is 597 g/mol. The number of hydrogen-bond acceptors (Lipinski definition) is 7. The molecular weight excluding hydrogens is 570 g/mol. The number of nitrogens with zero attached hydrogens (tertiary/aromatic N) is 3. The number of amides is 3. The topological polar surface area (TPSA) is 99.9 Å². The SMILES string of the molecule is CCOc1cc(C=C2SC(=O)N(CC(=O)N3CCCCCC3)C2=O)cc(Br)c1OCc1ccccc1C#N. The molecule has 2 aromatic rings. The average molecular weight is 599 g/mol. The van der Waals surface area contributed by atoms with E-state index in [1.54, 1.807) is 35.2 Å². The maximum Gasteiger partial charge on any atom is 0.294 e. The first-order chi connectivity index (χ1) is 18.4. The van der Waals surface area contributed by atoms with Crippen LogP contribution in [0.5, 0.6) is 11.5 Å². The van der Waals surface area contributed by atoms with Crippen molar-refractivity contribution in [1.82, 2.24) is 9.80 Å². The molecule has 8 nitrogen and oxygen atoms in total. The zero-order chi connectivity index (χ0) is 27.1. The Bertz CT molecular complexity index is 1300. The molecule has 2 saturated heterocycles. The molecule has 0 aliphatic carbocycles. The second-order valence-corrected chi connectivity index (χ2v) is 10.7. The van der Waals surface area contributed by atoms with Gasteiger partial charge in [-0.2, -0.15) is 5.26 Å². The first kappa shape index (κ1) is 27.7. The number of rotatable bonds is 8. The van der Waals surface area contributed by atoms with E-state index < -0.39 is 11.1 Å². The summed E-state index contributed by atoms with van der Waals surface area (Å²) in [6, 6.07) is 12.9. The summed E-state index contributed by atoms with van der Waals surface area (Å²) in [7, 11) is 0. The van der Waals surface area contributed by atoms with E-state index in [1.165, 1.54) is 0 Å². The summed E-state index contributed by atoms with van der Waals surface area (Å²) in [5.41, 5.74) is 1.91. The third kappa shape index (κ3) is 6.58. The highest BCUT2D eigenvalue weighted by atomic mass is 79.9. The predicted octanol–water partition coefficient (Wildman–Crippen LogP) is 5.74. The van der Waals surface area contributed by atoms with E-state index in [9.17, 15) is 19.6 Å². The van der Waals surface area contributed by atoms with Crippen LogP contribution >= 0.6 is 27.7 Å². The van der Waals surface area contributed by atoms with Crippen LogP contribution in [-0.4, -0.2) is 53.1 Å². The third-order valence-corrected chi connectivity index (χ3v) is 7.76. The lowest BCUT2D eigenvalue weighted by Crippen LogP contribution is -2.42. The summed E-state index contributed by atoms with van der Waals surface area (Å²) in [5.74, 6) is 0.244. The maximum atomic E-state index is 13.0. The van der Waals surface area contributed by atoms with E-state index in [1.807, 2.05) is 19.1 Å². The van der Waals surface area contributed by atoms with Crippen LogP contribution in [0, 0.1) is 11.3 Å². The molecule has 2 aliphatic rings. The molecule has 3 amide bonds. The molecule has 2 aliphatic heterocycles. The van der Waals surface area contributed by atoms with Gasteiger partial charge in [0, 0.05) is 18.7 Å². The van der Waals surface area contributed by atoms with E-state index in [-0.39, 0.29) is 24.0 Å². The first-order valence-electron chi connectivity index (χ1n) is 12.5. The van der Waals surface area contributed by atoms with Gasteiger partial charge in [0.05, 0.1) is 27.6 Å². The van der Waals surface area contributed by atoms with E-state index in [0.29, 0.717) is 46.8 Å². The van der Waals surface area contributed by atoms with Gasteiger partial charge in [0.1, 0.15) is 13.2 Å². The molecule has 38 heavy (non-hydrogen) atoms. The zero-order valence-corrected chi connectivity index (χ0v) is 23.5. The fourth-order valence-electron chi connectivity index (χ4n) is 4.32. The van der Waals surface area contributed by atoms with Gasteiger partial charge in [-0.3, -0.25) is 19.3 Å². The van der Waals surface area contributed by atoms with Crippen molar-refractivity contribution in [3.8, 4) is 17.6 Å². The molecule has 2 aromatic carbocycles. The van der Waals surface area contributed by atoms with Crippen molar-refractivity contribution in [1.29, 1.82) is 5.26 Å². The minimum absolute atomic E-state index is 0.172. The van der Waals surface area contributed by atoms with Crippen LogP contribution in [0.4, 0.5) is 4.79 Å². The number of carbonyl (C=O) groups excluding carboxylic acids is 3. The van der Waals surface area contributed by atoms with E-state index in [2.05, 4.69) is 22.0 Å². The number of thioether (sulfide) groups is 1. The highest BCUT2D eigenvalue weighted by Gasteiger charge is 2.37. The summed E-state index contributed by atoms with van der Waals surface area (Å²) < 4.78 is 12.4. The molecule has 2 fully saturated rings. The van der Waals surface area contributed by atoms with Gasteiger partial charge in [-0.15, -0.1) is 0 Å². The van der Waals surface area contributed by atoms with Gasteiger partial charge < -0.3 is 14.4 Å². The summed E-state index contributed by atoms with van der Waals surface area (Å²) >= 11 is 4.35. The Morgan fingerprint density at radius 1 is 1.13 bits per heavy atom. The number of benzene rings is 2. The van der Waals surface area contributed by atoms with E-state index in [4.69, 9.17) is 9.47 Å². The number of likely N-dealkylation sites (tertiary alicyclic amines) is 1. The van der Waals surface area contributed by atoms with Crippen molar-refractivity contribution >= 4 is 50.8 Å². The maximum absolute atomic E-state index is 13.0. The van der Waals surface area contributed by atoms with Crippen LogP contribution in [0.1, 0.15) is 49.3 Å². The van der Waals surface area contributed by atoms with Crippen LogP contribution in [0.2, 0.25) is 0 Å². The molecule has 4 rings (SSSR count). The number of carbonyl (C=O) groups is 3. The van der Waals surface area contributed by atoms with Crippen molar-refractivity contribution in [2.24, 2.45) is 0 Å². The van der Waals surface area contributed by atoms with Gasteiger partial charge >= 0.3 is 0 Å². The molecular formula is C28H28BrN3O5S. The Labute approximate surface area is 234 Å². The molecule has 0 radical (unpaired) electrons. The van der Waals surface area contributed by atoms with Crippen molar-refractivity contribution in [3.05, 3.63) is 62.5 Å². The highest BCUT2D eigenvalue weighted by Crippen LogP contribution is 2.40. The minimum Gasteiger partial charge on any atom is -0.490 e. The Morgan fingerprint density at radius 2 is 1.87 bits per heavy atom. The summed E-state index contributed by atoms with van der Waals surface area (Å²) in [5, 5.41) is 8.89. The molecule has 0 atom stereocenters. The number of nitriles is 1. The molecule has 0 spiro atoms. The third-order valence-electron chi connectivity index (χ3n) is 6.27. The lowest BCUT2D eigenvalue weighted by atomic mass is 10.1. The summed E-state index contributed by atoms with van der Waals surface area (Å²) in [6.07, 6.45) is 5.67. The van der Waals surface area contributed by atoms with Gasteiger partial charge in [0.15, 0.2) is 11.5 Å². The van der Waals surface area contributed by atoms with Crippen molar-refractivity contribution < 1.29 is 23.9 Å². The van der Waals surface area contributed by atoms with Crippen LogP contribution < -0.4 is 9.47 Å². The van der Waals surface area contributed by atoms with Gasteiger partial charge in [-0.1, -0.05) is 31.0 Å². The largest absolute Gasteiger partial charge is 0.490 e. The predicted molar refractivity (Wildman–Crippen MR) is 149 cm³/mol. The standard InChI is InChI=1S/C28H28BrN3O5S/c1-2-36-23-14-19(13-22(29)26(23)37-18-21-10-6-5-9-20(21)16-30)15-24-27(34)32(28(35)38-24)17-25(33)31-11-7-3-4-8-12-31/h5-6,9-10,13-15H,2-4,7-8,11-12,17-18H2,1H3.